The summed E-state index contributed by atoms with van der Waals surface area (Å²) in [4.78, 5) is 26.7. The summed E-state index contributed by atoms with van der Waals surface area (Å²) < 4.78 is 0. The highest BCUT2D eigenvalue weighted by atomic mass is 16.3. The third-order valence-corrected chi connectivity index (χ3v) is 4.70. The molecule has 1 aliphatic rings. The molecule has 3 aromatic rings. The number of phenols is 2. The van der Waals surface area contributed by atoms with E-state index in [9.17, 15) is 19.8 Å². The number of hydrogen-bond acceptors (Lipinski definition) is 4. The summed E-state index contributed by atoms with van der Waals surface area (Å²) in [5, 5.41) is 19.2. The van der Waals surface area contributed by atoms with E-state index >= 15 is 0 Å². The molecule has 0 radical (unpaired) electrons. The van der Waals surface area contributed by atoms with Crippen molar-refractivity contribution in [3.05, 3.63) is 95.1 Å². The van der Waals surface area contributed by atoms with E-state index in [2.05, 4.69) is 0 Å². The van der Waals surface area contributed by atoms with Gasteiger partial charge in [-0.25, -0.2) is 0 Å². The Kier molecular flexibility index (Phi) is 3.22. The molecule has 0 heterocycles. The first-order valence-electron chi connectivity index (χ1n) is 7.83. The van der Waals surface area contributed by atoms with Crippen molar-refractivity contribution in [3.8, 4) is 11.5 Å². The van der Waals surface area contributed by atoms with Gasteiger partial charge in [0, 0.05) is 11.1 Å². The van der Waals surface area contributed by atoms with Crippen molar-refractivity contribution < 1.29 is 19.8 Å². The molecular weight excluding hydrogens is 316 g/mol. The molecule has 0 aliphatic heterocycles. The van der Waals surface area contributed by atoms with Crippen LogP contribution in [0.5, 0.6) is 11.5 Å². The molecule has 2 N–H and O–H groups in total. The third kappa shape index (κ3) is 2.01. The van der Waals surface area contributed by atoms with E-state index in [1.165, 1.54) is 24.3 Å². The lowest BCUT2D eigenvalue weighted by Gasteiger charge is -2.27. The molecule has 0 saturated carbocycles. The van der Waals surface area contributed by atoms with Crippen molar-refractivity contribution in [1.29, 1.82) is 0 Å². The van der Waals surface area contributed by atoms with Crippen LogP contribution in [0.3, 0.4) is 0 Å². The fourth-order valence-corrected chi connectivity index (χ4v) is 3.50. The zero-order valence-electron chi connectivity index (χ0n) is 13.1. The minimum atomic E-state index is -1.51. The first kappa shape index (κ1) is 15.1. The third-order valence-electron chi connectivity index (χ3n) is 4.70. The van der Waals surface area contributed by atoms with Crippen molar-refractivity contribution in [3.63, 3.8) is 0 Å². The maximum absolute atomic E-state index is 13.4. The molecule has 0 amide bonds. The van der Waals surface area contributed by atoms with Gasteiger partial charge in [-0.05, 0) is 35.4 Å². The van der Waals surface area contributed by atoms with Crippen LogP contribution in [0.15, 0.2) is 72.8 Å². The number of phenolic OH excluding ortho intramolecular Hbond substituents is 2. The second-order valence-electron chi connectivity index (χ2n) is 6.05. The standard InChI is InChI=1S/C21H14O4/c22-15-9-5-13(6-10-15)21(14-7-11-16(23)12-8-14)19(24)17-3-1-2-4-18(17)20(21)25/h1-12,22-23H. The number of fused-ring (bicyclic) bond motifs is 1. The van der Waals surface area contributed by atoms with Gasteiger partial charge < -0.3 is 10.2 Å². The van der Waals surface area contributed by atoms with E-state index in [4.69, 9.17) is 0 Å². The van der Waals surface area contributed by atoms with Crippen molar-refractivity contribution in [2.24, 2.45) is 0 Å². The van der Waals surface area contributed by atoms with Gasteiger partial charge in [0.1, 0.15) is 16.9 Å². The summed E-state index contributed by atoms with van der Waals surface area (Å²) in [6.07, 6.45) is 0. The maximum atomic E-state index is 13.4. The predicted molar refractivity (Wildman–Crippen MR) is 92.1 cm³/mol. The first-order valence-corrected chi connectivity index (χ1v) is 7.83. The van der Waals surface area contributed by atoms with Crippen LogP contribution in [-0.4, -0.2) is 21.8 Å². The van der Waals surface area contributed by atoms with E-state index in [0.29, 0.717) is 22.3 Å². The van der Waals surface area contributed by atoms with E-state index < -0.39 is 5.41 Å². The molecule has 122 valence electrons. The summed E-state index contributed by atoms with van der Waals surface area (Å²) >= 11 is 0. The molecule has 0 saturated heterocycles. The van der Waals surface area contributed by atoms with Crippen LogP contribution in [0.4, 0.5) is 0 Å². The van der Waals surface area contributed by atoms with E-state index in [-0.39, 0.29) is 23.1 Å². The van der Waals surface area contributed by atoms with Gasteiger partial charge >= 0.3 is 0 Å². The van der Waals surface area contributed by atoms with Gasteiger partial charge in [-0.1, -0.05) is 48.5 Å². The minimum absolute atomic E-state index is 0.0556. The summed E-state index contributed by atoms with van der Waals surface area (Å²) in [5.41, 5.74) is 0.233. The largest absolute Gasteiger partial charge is 0.508 e. The lowest BCUT2D eigenvalue weighted by Crippen LogP contribution is -2.39. The van der Waals surface area contributed by atoms with Crippen LogP contribution in [0, 0.1) is 0 Å². The summed E-state index contributed by atoms with van der Waals surface area (Å²) in [5.74, 6) is -0.492. The highest BCUT2D eigenvalue weighted by molar-refractivity contribution is 6.35. The molecule has 0 unspecified atom stereocenters. The Labute approximate surface area is 144 Å². The first-order chi connectivity index (χ1) is 12.0. The highest BCUT2D eigenvalue weighted by Crippen LogP contribution is 2.45. The number of aromatic hydroxyl groups is 2. The predicted octanol–water partition coefficient (Wildman–Crippen LogP) is 3.46. The number of rotatable bonds is 2. The minimum Gasteiger partial charge on any atom is -0.508 e. The fourth-order valence-electron chi connectivity index (χ4n) is 3.50. The van der Waals surface area contributed by atoms with Crippen LogP contribution in [0.25, 0.3) is 0 Å². The number of carbonyl (C=O) groups excluding carboxylic acids is 2. The molecule has 4 nitrogen and oxygen atoms in total. The highest BCUT2D eigenvalue weighted by Gasteiger charge is 2.55. The Hall–Kier alpha value is -3.40. The second-order valence-corrected chi connectivity index (χ2v) is 6.05. The van der Waals surface area contributed by atoms with Crippen LogP contribution < -0.4 is 0 Å². The molecule has 3 aromatic carbocycles. The van der Waals surface area contributed by atoms with Crippen LogP contribution >= 0.6 is 0 Å². The van der Waals surface area contributed by atoms with Gasteiger partial charge in [0.15, 0.2) is 11.6 Å². The van der Waals surface area contributed by atoms with E-state index in [1.54, 1.807) is 48.5 Å². The summed E-state index contributed by atoms with van der Waals surface area (Å²) in [7, 11) is 0. The molecule has 4 heteroatoms. The quantitative estimate of drug-likeness (QED) is 0.706. The van der Waals surface area contributed by atoms with Crippen molar-refractivity contribution in [2.75, 3.05) is 0 Å². The van der Waals surface area contributed by atoms with Gasteiger partial charge in [0.05, 0.1) is 0 Å². The lowest BCUT2D eigenvalue weighted by molar-refractivity contribution is 0.0829. The molecule has 0 spiro atoms. The summed E-state index contributed by atoms with van der Waals surface area (Å²) in [6, 6.07) is 18.9. The van der Waals surface area contributed by atoms with Crippen molar-refractivity contribution >= 4 is 11.6 Å². The zero-order chi connectivity index (χ0) is 17.6. The van der Waals surface area contributed by atoms with Crippen LogP contribution in [0.1, 0.15) is 31.8 Å². The number of carbonyl (C=O) groups is 2. The Morgan fingerprint density at radius 1 is 0.560 bits per heavy atom. The monoisotopic (exact) mass is 330 g/mol. The fraction of sp³-hybridized carbons (Fsp3) is 0.0476. The molecule has 0 atom stereocenters. The van der Waals surface area contributed by atoms with Gasteiger partial charge in [-0.2, -0.15) is 0 Å². The average Bonchev–Trinajstić information content (AvgIpc) is 2.86. The number of benzene rings is 3. The Morgan fingerprint density at radius 2 is 0.920 bits per heavy atom. The average molecular weight is 330 g/mol. The number of hydrogen-bond donors (Lipinski definition) is 2. The molecule has 4 rings (SSSR count). The SMILES string of the molecule is O=C1c2ccccc2C(=O)C1(c1ccc(O)cc1)c1ccc(O)cc1. The van der Waals surface area contributed by atoms with Gasteiger partial charge in [-0.3, -0.25) is 9.59 Å². The Balaban J connectivity index is 2.04. The Morgan fingerprint density at radius 3 is 1.28 bits per heavy atom. The molecule has 0 aromatic heterocycles. The maximum Gasteiger partial charge on any atom is 0.186 e. The van der Waals surface area contributed by atoms with Crippen molar-refractivity contribution in [2.45, 2.75) is 5.41 Å². The van der Waals surface area contributed by atoms with E-state index in [1.807, 2.05) is 0 Å². The molecular formula is C21H14O4. The Bertz CT molecular complexity index is 903. The topological polar surface area (TPSA) is 74.6 Å². The van der Waals surface area contributed by atoms with Gasteiger partial charge in [-0.15, -0.1) is 0 Å². The number of ketones is 2. The van der Waals surface area contributed by atoms with Crippen molar-refractivity contribution in [1.82, 2.24) is 0 Å². The number of Topliss-reactive ketones (excluding diaryl/α,β-unsaturated/α-hetero) is 2. The van der Waals surface area contributed by atoms with Crippen LogP contribution in [-0.2, 0) is 5.41 Å². The van der Waals surface area contributed by atoms with Crippen LogP contribution in [0.2, 0.25) is 0 Å². The molecule has 25 heavy (non-hydrogen) atoms. The van der Waals surface area contributed by atoms with Gasteiger partial charge in [0.25, 0.3) is 0 Å². The molecule has 0 bridgehead atoms. The molecule has 0 fully saturated rings. The zero-order valence-corrected chi connectivity index (χ0v) is 13.1. The van der Waals surface area contributed by atoms with Gasteiger partial charge in [0.2, 0.25) is 0 Å². The second kappa shape index (κ2) is 5.31. The molecule has 1 aliphatic carbocycles. The smallest absolute Gasteiger partial charge is 0.186 e. The normalized spacial score (nSPS) is 15.2. The summed E-state index contributed by atoms with van der Waals surface area (Å²) in [6.45, 7) is 0. The lowest BCUT2D eigenvalue weighted by atomic mass is 9.70. The van der Waals surface area contributed by atoms with E-state index in [0.717, 1.165) is 0 Å².